The second-order valence-corrected chi connectivity index (χ2v) is 5.95. The van der Waals surface area contributed by atoms with Crippen molar-refractivity contribution >= 4 is 23.1 Å². The lowest BCUT2D eigenvalue weighted by atomic mass is 10.0. The van der Waals surface area contributed by atoms with Crippen LogP contribution in [-0.4, -0.2) is 0 Å². The van der Waals surface area contributed by atoms with Crippen LogP contribution in [0.5, 0.6) is 0 Å². The van der Waals surface area contributed by atoms with Gasteiger partial charge >= 0.3 is 0 Å². The molecule has 3 aromatic carbocycles. The van der Waals surface area contributed by atoms with Gasteiger partial charge < -0.3 is 4.42 Å². The lowest BCUT2D eigenvalue weighted by molar-refractivity contribution is 0.631. The van der Waals surface area contributed by atoms with Gasteiger partial charge in [-0.15, -0.1) is 0 Å². The second-order valence-electron chi connectivity index (χ2n) is 5.95. The van der Waals surface area contributed by atoms with Crippen molar-refractivity contribution < 1.29 is 4.42 Å². The maximum absolute atomic E-state index is 6.16. The Bertz CT molecular complexity index is 989. The first-order chi connectivity index (χ1) is 11.8. The van der Waals surface area contributed by atoms with E-state index in [2.05, 4.69) is 67.6 Å². The topological polar surface area (TPSA) is 13.1 Å². The molecule has 0 unspecified atom stereocenters. The Hall–Kier alpha value is -3.06. The van der Waals surface area contributed by atoms with E-state index in [1.54, 1.807) is 0 Å². The summed E-state index contributed by atoms with van der Waals surface area (Å²) in [4.78, 5) is 0. The number of rotatable bonds is 3. The van der Waals surface area contributed by atoms with Crippen molar-refractivity contribution in [3.8, 4) is 11.3 Å². The Morgan fingerprint density at radius 1 is 0.708 bits per heavy atom. The SMILES string of the molecule is Cc1ccc(-c2oc3ccccc3c2/C=C/c2ccccc2)cc1. The average molecular weight is 310 g/mol. The number of fused-ring (bicyclic) bond motifs is 1. The van der Waals surface area contributed by atoms with Crippen molar-refractivity contribution in [2.45, 2.75) is 6.92 Å². The summed E-state index contributed by atoms with van der Waals surface area (Å²) in [6.07, 6.45) is 4.28. The molecule has 0 aliphatic rings. The number of furan rings is 1. The fourth-order valence-corrected chi connectivity index (χ4v) is 2.89. The van der Waals surface area contributed by atoms with E-state index in [9.17, 15) is 0 Å². The average Bonchev–Trinajstić information content (AvgIpc) is 3.00. The van der Waals surface area contributed by atoms with Crippen LogP contribution in [0.4, 0.5) is 0 Å². The third kappa shape index (κ3) is 2.77. The number of aryl methyl sites for hydroxylation is 1. The van der Waals surface area contributed by atoms with Crippen molar-refractivity contribution in [1.29, 1.82) is 0 Å². The van der Waals surface area contributed by atoms with E-state index < -0.39 is 0 Å². The van der Waals surface area contributed by atoms with Crippen LogP contribution >= 0.6 is 0 Å². The molecule has 0 saturated carbocycles. The van der Waals surface area contributed by atoms with Crippen LogP contribution in [-0.2, 0) is 0 Å². The van der Waals surface area contributed by atoms with Gasteiger partial charge in [0.1, 0.15) is 11.3 Å². The Kier molecular flexibility index (Phi) is 3.76. The van der Waals surface area contributed by atoms with Crippen LogP contribution in [0.15, 0.2) is 83.3 Å². The molecule has 4 aromatic rings. The fraction of sp³-hybridized carbons (Fsp3) is 0.0435. The molecular formula is C23H18O. The van der Waals surface area contributed by atoms with Gasteiger partial charge in [0.25, 0.3) is 0 Å². The van der Waals surface area contributed by atoms with Gasteiger partial charge in [-0.05, 0) is 24.6 Å². The Labute approximate surface area is 141 Å². The molecule has 0 spiro atoms. The standard InChI is InChI=1S/C23H18O/c1-17-11-14-19(15-12-17)23-21(16-13-18-7-3-2-4-8-18)20-9-5-6-10-22(20)24-23/h2-16H,1H3/b16-13+. The van der Waals surface area contributed by atoms with Gasteiger partial charge in [-0.2, -0.15) is 0 Å². The zero-order valence-corrected chi connectivity index (χ0v) is 13.6. The molecule has 4 rings (SSSR count). The molecule has 1 aromatic heterocycles. The van der Waals surface area contributed by atoms with Crippen LogP contribution in [0.25, 0.3) is 34.4 Å². The molecule has 1 nitrogen and oxygen atoms in total. The Morgan fingerprint density at radius 3 is 2.21 bits per heavy atom. The lowest BCUT2D eigenvalue weighted by Crippen LogP contribution is -1.79. The summed E-state index contributed by atoms with van der Waals surface area (Å²) in [5.41, 5.74) is 5.57. The highest BCUT2D eigenvalue weighted by Crippen LogP contribution is 2.35. The summed E-state index contributed by atoms with van der Waals surface area (Å²) in [5.74, 6) is 0.920. The van der Waals surface area contributed by atoms with Gasteiger partial charge in [0.2, 0.25) is 0 Å². The molecule has 0 N–H and O–H groups in total. The number of hydrogen-bond acceptors (Lipinski definition) is 1. The molecule has 116 valence electrons. The molecule has 0 atom stereocenters. The molecule has 0 radical (unpaired) electrons. The van der Waals surface area contributed by atoms with E-state index in [-0.39, 0.29) is 0 Å². The third-order valence-electron chi connectivity index (χ3n) is 4.19. The van der Waals surface area contributed by atoms with Crippen molar-refractivity contribution in [2.75, 3.05) is 0 Å². The minimum atomic E-state index is 0.917. The van der Waals surface area contributed by atoms with Gasteiger partial charge in [-0.3, -0.25) is 0 Å². The van der Waals surface area contributed by atoms with E-state index in [1.165, 1.54) is 11.1 Å². The summed E-state index contributed by atoms with van der Waals surface area (Å²) >= 11 is 0. The summed E-state index contributed by atoms with van der Waals surface area (Å²) in [7, 11) is 0. The molecule has 1 heterocycles. The van der Waals surface area contributed by atoms with Crippen LogP contribution < -0.4 is 0 Å². The number of benzene rings is 3. The number of hydrogen-bond donors (Lipinski definition) is 0. The van der Waals surface area contributed by atoms with Gasteiger partial charge in [0, 0.05) is 16.5 Å². The summed E-state index contributed by atoms with van der Waals surface area (Å²) < 4.78 is 6.16. The second kappa shape index (κ2) is 6.21. The predicted octanol–water partition coefficient (Wildman–Crippen LogP) is 6.58. The summed E-state index contributed by atoms with van der Waals surface area (Å²) in [5, 5.41) is 1.14. The normalized spacial score (nSPS) is 11.4. The molecule has 0 saturated heterocycles. The smallest absolute Gasteiger partial charge is 0.142 e. The van der Waals surface area contributed by atoms with E-state index in [0.29, 0.717) is 0 Å². The molecule has 24 heavy (non-hydrogen) atoms. The van der Waals surface area contributed by atoms with E-state index in [4.69, 9.17) is 4.42 Å². The van der Waals surface area contributed by atoms with Crippen molar-refractivity contribution in [3.63, 3.8) is 0 Å². The van der Waals surface area contributed by atoms with Gasteiger partial charge in [-0.1, -0.05) is 84.4 Å². The zero-order chi connectivity index (χ0) is 16.4. The highest BCUT2D eigenvalue weighted by Gasteiger charge is 2.13. The monoisotopic (exact) mass is 310 g/mol. The van der Waals surface area contributed by atoms with Crippen molar-refractivity contribution in [2.24, 2.45) is 0 Å². The van der Waals surface area contributed by atoms with Gasteiger partial charge in [0.05, 0.1) is 0 Å². The van der Waals surface area contributed by atoms with E-state index >= 15 is 0 Å². The van der Waals surface area contributed by atoms with Gasteiger partial charge in [-0.25, -0.2) is 0 Å². The largest absolute Gasteiger partial charge is 0.455 e. The maximum Gasteiger partial charge on any atom is 0.142 e. The minimum Gasteiger partial charge on any atom is -0.455 e. The first kappa shape index (κ1) is 14.5. The van der Waals surface area contributed by atoms with Crippen LogP contribution in [0, 0.1) is 6.92 Å². The van der Waals surface area contributed by atoms with Crippen LogP contribution in [0.1, 0.15) is 16.7 Å². The maximum atomic E-state index is 6.16. The molecule has 0 bridgehead atoms. The first-order valence-corrected chi connectivity index (χ1v) is 8.13. The molecule has 0 aliphatic carbocycles. The minimum absolute atomic E-state index is 0.917. The van der Waals surface area contributed by atoms with Crippen molar-refractivity contribution in [1.82, 2.24) is 0 Å². The summed E-state index contributed by atoms with van der Waals surface area (Å²) in [6, 6.07) is 27.0. The molecule has 1 heteroatoms. The quantitative estimate of drug-likeness (QED) is 0.416. The van der Waals surface area contributed by atoms with E-state index in [0.717, 1.165) is 27.9 Å². The Morgan fingerprint density at radius 2 is 1.42 bits per heavy atom. The molecule has 0 amide bonds. The van der Waals surface area contributed by atoms with Crippen LogP contribution in [0.2, 0.25) is 0 Å². The third-order valence-corrected chi connectivity index (χ3v) is 4.19. The van der Waals surface area contributed by atoms with Gasteiger partial charge in [0.15, 0.2) is 0 Å². The zero-order valence-electron chi connectivity index (χ0n) is 13.6. The molecule has 0 fully saturated rings. The lowest BCUT2D eigenvalue weighted by Gasteiger charge is -2.00. The summed E-state index contributed by atoms with van der Waals surface area (Å²) in [6.45, 7) is 2.10. The molecular weight excluding hydrogens is 292 g/mol. The highest BCUT2D eigenvalue weighted by molar-refractivity contribution is 5.96. The van der Waals surface area contributed by atoms with E-state index in [1.807, 2.05) is 30.3 Å². The first-order valence-electron chi connectivity index (χ1n) is 8.13. The predicted molar refractivity (Wildman–Crippen MR) is 102 cm³/mol. The van der Waals surface area contributed by atoms with Crippen LogP contribution in [0.3, 0.4) is 0 Å². The Balaban J connectivity index is 1.87. The fourth-order valence-electron chi connectivity index (χ4n) is 2.89. The highest BCUT2D eigenvalue weighted by atomic mass is 16.3. The van der Waals surface area contributed by atoms with Crippen molar-refractivity contribution in [3.05, 3.63) is 95.6 Å². The molecule has 0 aliphatic heterocycles. The number of para-hydroxylation sites is 1.